The van der Waals surface area contributed by atoms with E-state index in [1.165, 1.54) is 26.6 Å². The molecule has 1 radical (unpaired) electrons. The molecule has 0 saturated carbocycles. The zero-order valence-electron chi connectivity index (χ0n) is 15.6. The number of ether oxygens (including phenoxy) is 2. The number of oxime groups is 2. The summed E-state index contributed by atoms with van der Waals surface area (Å²) in [5, 5.41) is 23.6. The van der Waals surface area contributed by atoms with Gasteiger partial charge in [-0.2, -0.15) is 0 Å². The van der Waals surface area contributed by atoms with Crippen molar-refractivity contribution in [2.45, 2.75) is 13.8 Å². The molecule has 2 rings (SSSR count). The van der Waals surface area contributed by atoms with Gasteiger partial charge in [-0.1, -0.05) is 24.2 Å². The predicted molar refractivity (Wildman–Crippen MR) is 105 cm³/mol. The van der Waals surface area contributed by atoms with Crippen molar-refractivity contribution >= 4 is 25.3 Å². The minimum atomic E-state index is 0. The van der Waals surface area contributed by atoms with Crippen LogP contribution in [0.4, 0.5) is 0 Å². The molecule has 0 aliphatic carbocycles. The molecule has 9 heteroatoms. The molecule has 0 aliphatic heterocycles. The molecule has 0 fully saturated rings. The normalized spacial score (nSPS) is 10.1. The van der Waals surface area contributed by atoms with E-state index in [-0.39, 0.29) is 32.7 Å². The van der Waals surface area contributed by atoms with Crippen LogP contribution in [0.2, 0.25) is 0 Å². The van der Waals surface area contributed by atoms with E-state index in [1.54, 1.807) is 30.3 Å². The van der Waals surface area contributed by atoms with Gasteiger partial charge in [0.1, 0.15) is 5.75 Å². The fourth-order valence-corrected chi connectivity index (χ4v) is 2.42. The maximum Gasteiger partial charge on any atom is 0.168 e. The van der Waals surface area contributed by atoms with Crippen LogP contribution in [-0.2, 0) is 32.7 Å². The first-order chi connectivity index (χ1) is 12.7. The topological polar surface area (TPSA) is 92.9 Å². The van der Waals surface area contributed by atoms with E-state index in [4.69, 9.17) is 24.1 Å². The Morgan fingerprint density at radius 1 is 0.889 bits per heavy atom. The van der Waals surface area contributed by atoms with E-state index in [0.717, 1.165) is 0 Å². The molecule has 0 unspecified atom stereocenters. The molecule has 0 atom stereocenters. The van der Waals surface area contributed by atoms with Crippen LogP contribution in [-0.4, -0.2) is 37.1 Å². The van der Waals surface area contributed by atoms with Crippen molar-refractivity contribution < 1.29 is 56.8 Å². The molecule has 0 aromatic heterocycles. The average Bonchev–Trinajstić information content (AvgIpc) is 2.69. The molecular weight excluding hydrogens is 445 g/mol. The third-order valence-electron chi connectivity index (χ3n) is 3.26. The van der Waals surface area contributed by atoms with Gasteiger partial charge in [-0.05, 0) is 35.9 Å². The summed E-state index contributed by atoms with van der Waals surface area (Å²) in [6.45, 7) is 4.00. The quantitative estimate of drug-likeness (QED) is 0.194. The van der Waals surface area contributed by atoms with Gasteiger partial charge in [0.15, 0.2) is 11.5 Å². The van der Waals surface area contributed by atoms with E-state index in [9.17, 15) is 0 Å². The van der Waals surface area contributed by atoms with Gasteiger partial charge in [0.05, 0.1) is 26.6 Å². The predicted octanol–water partition coefficient (Wildman–Crippen LogP) is 4.23. The second-order valence-corrected chi connectivity index (χ2v) is 4.86. The van der Waals surface area contributed by atoms with Crippen molar-refractivity contribution in [3.05, 3.63) is 41.5 Å². The summed E-state index contributed by atoms with van der Waals surface area (Å²) in [5.74, 6) is 1.42. The molecule has 0 saturated heterocycles. The van der Waals surface area contributed by atoms with Gasteiger partial charge < -0.3 is 24.1 Å². The molecule has 0 spiro atoms. The molecule has 0 heterocycles. The van der Waals surface area contributed by atoms with E-state index < -0.39 is 0 Å². The largest absolute Gasteiger partial charge is 0.493 e. The van der Waals surface area contributed by atoms with Crippen LogP contribution >= 0.6 is 12.9 Å². The molecule has 2 aromatic carbocycles. The van der Waals surface area contributed by atoms with E-state index >= 15 is 0 Å². The molecule has 143 valence electrons. The Labute approximate surface area is 189 Å². The minimum absolute atomic E-state index is 0. The third kappa shape index (κ3) is 6.72. The van der Waals surface area contributed by atoms with Crippen molar-refractivity contribution in [2.24, 2.45) is 10.3 Å². The van der Waals surface area contributed by atoms with Crippen molar-refractivity contribution in [2.75, 3.05) is 14.2 Å². The Balaban J connectivity index is 0.00000218. The van der Waals surface area contributed by atoms with Gasteiger partial charge >= 0.3 is 0 Å². The maximum absolute atomic E-state index is 8.79. The number of benzene rings is 2. The number of rotatable bonds is 6. The van der Waals surface area contributed by atoms with Crippen molar-refractivity contribution in [1.29, 1.82) is 0 Å². The van der Waals surface area contributed by atoms with Crippen LogP contribution < -0.4 is 13.7 Å². The number of nitrogens with zero attached hydrogens (tertiary/aromatic N) is 2. The second-order valence-electron chi connectivity index (χ2n) is 4.68. The van der Waals surface area contributed by atoms with Crippen molar-refractivity contribution in [1.82, 2.24) is 0 Å². The summed E-state index contributed by atoms with van der Waals surface area (Å²) >= 11 is 3.81. The van der Waals surface area contributed by atoms with E-state index in [0.29, 0.717) is 39.5 Å². The SMILES string of the molecule is CC.COc1cc(/C=N/O)cc(-c2cc(/C=N/O)cc(OS)c2)c1OC.[Y]. The molecule has 2 aromatic rings. The van der Waals surface area contributed by atoms with Crippen LogP contribution in [0.25, 0.3) is 11.1 Å². The first-order valence-electron chi connectivity index (χ1n) is 7.74. The molecule has 0 aliphatic rings. The zero-order valence-corrected chi connectivity index (χ0v) is 19.3. The average molecular weight is 467 g/mol. The number of thiol groups is 1. The third-order valence-corrected chi connectivity index (χ3v) is 3.47. The number of hydrogen-bond acceptors (Lipinski definition) is 8. The number of hydrogen-bond donors (Lipinski definition) is 3. The maximum atomic E-state index is 8.79. The Morgan fingerprint density at radius 3 is 1.96 bits per heavy atom. The molecule has 0 amide bonds. The smallest absolute Gasteiger partial charge is 0.168 e. The first-order valence-corrected chi connectivity index (χ1v) is 8.11. The number of methoxy groups -OCH3 is 2. The van der Waals surface area contributed by atoms with Crippen LogP contribution in [0.3, 0.4) is 0 Å². The molecular formula is C18H22N2O5SY. The summed E-state index contributed by atoms with van der Waals surface area (Å²) in [7, 11) is 3.04. The summed E-state index contributed by atoms with van der Waals surface area (Å²) in [6.07, 6.45) is 2.54. The Hall–Kier alpha value is -1.77. The summed E-state index contributed by atoms with van der Waals surface area (Å²) in [5.41, 5.74) is 2.59. The van der Waals surface area contributed by atoms with Gasteiger partial charge in [0.2, 0.25) is 0 Å². The summed E-state index contributed by atoms with van der Waals surface area (Å²) in [4.78, 5) is 0. The summed E-state index contributed by atoms with van der Waals surface area (Å²) < 4.78 is 15.8. The second kappa shape index (κ2) is 13.4. The Morgan fingerprint density at radius 2 is 1.48 bits per heavy atom. The monoisotopic (exact) mass is 467 g/mol. The minimum Gasteiger partial charge on any atom is -0.493 e. The Kier molecular flexibility index (Phi) is 12.5. The van der Waals surface area contributed by atoms with E-state index in [2.05, 4.69) is 23.2 Å². The molecule has 7 nitrogen and oxygen atoms in total. The van der Waals surface area contributed by atoms with Crippen molar-refractivity contribution in [3.8, 4) is 28.4 Å². The van der Waals surface area contributed by atoms with Gasteiger partial charge in [-0.3, -0.25) is 0 Å². The van der Waals surface area contributed by atoms with E-state index in [1.807, 2.05) is 13.8 Å². The van der Waals surface area contributed by atoms with Gasteiger partial charge in [-0.15, -0.1) is 0 Å². The first kappa shape index (κ1) is 25.2. The fourth-order valence-electron chi connectivity index (χ4n) is 2.31. The molecule has 0 bridgehead atoms. The van der Waals surface area contributed by atoms with Gasteiger partial charge in [-0.25, -0.2) is 0 Å². The molecule has 27 heavy (non-hydrogen) atoms. The zero-order chi connectivity index (χ0) is 19.5. The molecule has 2 N–H and O–H groups in total. The van der Waals surface area contributed by atoms with Crippen LogP contribution in [0.15, 0.2) is 40.6 Å². The van der Waals surface area contributed by atoms with Crippen LogP contribution in [0.5, 0.6) is 17.2 Å². The summed E-state index contributed by atoms with van der Waals surface area (Å²) in [6, 6.07) is 8.60. The Bertz CT molecular complexity index is 785. The van der Waals surface area contributed by atoms with Crippen LogP contribution in [0, 0.1) is 0 Å². The van der Waals surface area contributed by atoms with Gasteiger partial charge in [0, 0.05) is 62.3 Å². The van der Waals surface area contributed by atoms with Crippen LogP contribution in [0.1, 0.15) is 25.0 Å². The van der Waals surface area contributed by atoms with Crippen molar-refractivity contribution in [3.63, 3.8) is 0 Å². The standard InChI is InChI=1S/C16H16N2O5S.C2H6.Y/c1-21-15-6-11(9-18-20)5-14(16(15)22-2)12-3-10(8-17-19)4-13(7-12)23-24;1-2;/h3-9,19-20,24H,1-2H3;1-2H3;/b17-8+,18-9+;;. The fraction of sp³-hybridized carbons (Fsp3) is 0.222. The van der Waals surface area contributed by atoms with Gasteiger partial charge in [0.25, 0.3) is 0 Å².